The van der Waals surface area contributed by atoms with E-state index < -0.39 is 42.5 Å². The fourth-order valence-electron chi connectivity index (χ4n) is 5.21. The van der Waals surface area contributed by atoms with Gasteiger partial charge in [0.1, 0.15) is 36.1 Å². The predicted molar refractivity (Wildman–Crippen MR) is 114 cm³/mol. The lowest BCUT2D eigenvalue weighted by atomic mass is 9.93. The Morgan fingerprint density at radius 2 is 1.91 bits per heavy atom. The first kappa shape index (κ1) is 22.3. The minimum Gasteiger partial charge on any atom is -0.388 e. The van der Waals surface area contributed by atoms with E-state index in [1.807, 2.05) is 37.3 Å². The number of nitrogens with one attached hydrogen (secondary N) is 1. The normalized spacial score (nSPS) is 42.2. The van der Waals surface area contributed by atoms with Crippen molar-refractivity contribution in [2.75, 3.05) is 6.61 Å². The molecule has 32 heavy (non-hydrogen) atoms. The number of aliphatic hydroxyl groups is 1. The molecule has 8 atom stereocenters. The second kappa shape index (κ2) is 9.00. The first-order valence-corrected chi connectivity index (χ1v) is 11.7. The summed E-state index contributed by atoms with van der Waals surface area (Å²) in [6.07, 6.45) is 1.76. The van der Waals surface area contributed by atoms with Gasteiger partial charge in [-0.25, -0.2) is 0 Å². The van der Waals surface area contributed by atoms with Crippen LogP contribution in [0.5, 0.6) is 0 Å². The molecule has 1 amide bonds. The number of aliphatic hydroxyl groups excluding tert-OH is 1. The molecular formula is C24H33NO7. The van der Waals surface area contributed by atoms with E-state index in [2.05, 4.69) is 5.32 Å². The van der Waals surface area contributed by atoms with E-state index in [0.29, 0.717) is 0 Å². The Bertz CT molecular complexity index is 801. The second-order valence-corrected chi connectivity index (χ2v) is 9.51. The number of hydrogen-bond acceptors (Lipinski definition) is 7. The van der Waals surface area contributed by atoms with Gasteiger partial charge in [0.2, 0.25) is 5.91 Å². The number of epoxide rings is 1. The van der Waals surface area contributed by atoms with Gasteiger partial charge in [-0.2, -0.15) is 0 Å². The summed E-state index contributed by atoms with van der Waals surface area (Å²) in [5, 5.41) is 14.0. The molecule has 1 aromatic rings. The Morgan fingerprint density at radius 3 is 2.62 bits per heavy atom. The van der Waals surface area contributed by atoms with E-state index in [9.17, 15) is 9.90 Å². The molecule has 0 unspecified atom stereocenters. The van der Waals surface area contributed by atoms with E-state index in [0.717, 1.165) is 31.2 Å². The number of benzene rings is 1. The lowest BCUT2D eigenvalue weighted by Crippen LogP contribution is -2.68. The van der Waals surface area contributed by atoms with Crippen molar-refractivity contribution in [3.05, 3.63) is 35.9 Å². The lowest BCUT2D eigenvalue weighted by Gasteiger charge is -2.49. The van der Waals surface area contributed by atoms with E-state index >= 15 is 0 Å². The molecule has 4 aliphatic rings. The number of rotatable bonds is 5. The number of carbonyl (C=O) groups excluding carboxylic acids is 1. The first-order valence-electron chi connectivity index (χ1n) is 11.7. The van der Waals surface area contributed by atoms with E-state index in [4.69, 9.17) is 23.7 Å². The molecule has 1 aliphatic carbocycles. The van der Waals surface area contributed by atoms with Crippen LogP contribution in [0, 0.1) is 0 Å². The van der Waals surface area contributed by atoms with Crippen molar-refractivity contribution in [1.82, 2.24) is 5.32 Å². The summed E-state index contributed by atoms with van der Waals surface area (Å²) in [4.78, 5) is 11.9. The number of ether oxygens (including phenoxy) is 5. The summed E-state index contributed by atoms with van der Waals surface area (Å²) in [6, 6.07) is 9.22. The monoisotopic (exact) mass is 447 g/mol. The second-order valence-electron chi connectivity index (χ2n) is 9.51. The van der Waals surface area contributed by atoms with Crippen LogP contribution in [0.15, 0.2) is 30.3 Å². The fourth-order valence-corrected chi connectivity index (χ4v) is 5.21. The largest absolute Gasteiger partial charge is 0.388 e. The minimum absolute atomic E-state index is 0.0670. The van der Waals surface area contributed by atoms with Crippen LogP contribution in [0.2, 0.25) is 0 Å². The molecule has 8 nitrogen and oxygen atoms in total. The molecule has 4 fully saturated rings. The molecule has 1 aromatic carbocycles. The van der Waals surface area contributed by atoms with Crippen LogP contribution < -0.4 is 5.32 Å². The van der Waals surface area contributed by atoms with Crippen LogP contribution in [0.1, 0.15) is 57.6 Å². The molecule has 0 aromatic heterocycles. The van der Waals surface area contributed by atoms with Gasteiger partial charge in [0.05, 0.1) is 12.7 Å². The van der Waals surface area contributed by atoms with Gasteiger partial charge < -0.3 is 34.1 Å². The number of amides is 1. The zero-order valence-electron chi connectivity index (χ0n) is 18.6. The summed E-state index contributed by atoms with van der Waals surface area (Å²) >= 11 is 0. The van der Waals surface area contributed by atoms with Crippen LogP contribution in [-0.4, -0.2) is 66.3 Å². The molecule has 3 aliphatic heterocycles. The Labute approximate surface area is 188 Å². The van der Waals surface area contributed by atoms with Crippen molar-refractivity contribution in [2.24, 2.45) is 0 Å². The topological polar surface area (TPSA) is 98.8 Å². The molecule has 5 rings (SSSR count). The highest BCUT2D eigenvalue weighted by Crippen LogP contribution is 2.54. The lowest BCUT2D eigenvalue weighted by molar-refractivity contribution is -0.354. The molecule has 8 heteroatoms. The van der Waals surface area contributed by atoms with Gasteiger partial charge >= 0.3 is 0 Å². The fraction of sp³-hybridized carbons (Fsp3) is 0.708. The molecule has 0 spiro atoms. The summed E-state index contributed by atoms with van der Waals surface area (Å²) in [5.74, 6) is -0.251. The smallest absolute Gasteiger partial charge is 0.217 e. The first-order chi connectivity index (χ1) is 15.5. The van der Waals surface area contributed by atoms with Crippen molar-refractivity contribution >= 4 is 5.91 Å². The standard InChI is InChI=1S/C24H33NO7/c1-14(26)25-18-19(27)20-17(30-22(18)29-16-11-7-4-8-12-16)13-28-23(31-20)24(2)21(32-24)15-9-5-3-6-10-15/h3,5-6,9-10,16-23,27H,4,7-8,11-13H2,1-2H3,(H,25,26)/t17-,18-,19+,20-,21-,22-,23-,24+/m1/s1. The molecule has 0 bridgehead atoms. The van der Waals surface area contributed by atoms with Gasteiger partial charge in [0, 0.05) is 6.92 Å². The van der Waals surface area contributed by atoms with Crippen molar-refractivity contribution < 1.29 is 33.6 Å². The highest BCUT2D eigenvalue weighted by molar-refractivity contribution is 5.73. The van der Waals surface area contributed by atoms with Gasteiger partial charge in [-0.1, -0.05) is 49.6 Å². The molecule has 2 N–H and O–H groups in total. The van der Waals surface area contributed by atoms with Crippen molar-refractivity contribution in [3.8, 4) is 0 Å². The van der Waals surface area contributed by atoms with E-state index in [1.165, 1.54) is 13.3 Å². The Morgan fingerprint density at radius 1 is 1.16 bits per heavy atom. The van der Waals surface area contributed by atoms with Gasteiger partial charge in [0.15, 0.2) is 12.6 Å². The SMILES string of the molecule is CC(=O)N[C@H]1[C@H](OC2CCCCC2)O[C@@H]2CO[C@@H]([C@@]3(C)O[C@@H]3c3ccccc3)O[C@H]2[C@H]1O. The highest BCUT2D eigenvalue weighted by atomic mass is 16.8. The summed E-state index contributed by atoms with van der Waals surface area (Å²) < 4.78 is 30.6. The summed E-state index contributed by atoms with van der Waals surface area (Å²) in [5.41, 5.74) is 0.409. The third-order valence-electron chi connectivity index (χ3n) is 7.02. The van der Waals surface area contributed by atoms with Crippen molar-refractivity contribution in [3.63, 3.8) is 0 Å². The average molecular weight is 448 g/mol. The molecule has 3 saturated heterocycles. The summed E-state index contributed by atoms with van der Waals surface area (Å²) in [6.45, 7) is 3.63. The Balaban J connectivity index is 1.28. The van der Waals surface area contributed by atoms with Crippen LogP contribution in [0.25, 0.3) is 0 Å². The quantitative estimate of drug-likeness (QED) is 0.668. The van der Waals surface area contributed by atoms with Gasteiger partial charge in [0.25, 0.3) is 0 Å². The Kier molecular flexibility index (Phi) is 6.26. The minimum atomic E-state index is -0.991. The van der Waals surface area contributed by atoms with E-state index in [-0.39, 0.29) is 24.7 Å². The van der Waals surface area contributed by atoms with Crippen LogP contribution >= 0.6 is 0 Å². The molecule has 0 radical (unpaired) electrons. The average Bonchev–Trinajstić information content (AvgIpc) is 3.50. The third kappa shape index (κ3) is 4.32. The maximum absolute atomic E-state index is 11.9. The summed E-state index contributed by atoms with van der Waals surface area (Å²) in [7, 11) is 0. The third-order valence-corrected chi connectivity index (χ3v) is 7.02. The van der Waals surface area contributed by atoms with E-state index in [1.54, 1.807) is 0 Å². The van der Waals surface area contributed by atoms with Crippen molar-refractivity contribution in [2.45, 2.75) is 101 Å². The van der Waals surface area contributed by atoms with Gasteiger partial charge in [-0.15, -0.1) is 0 Å². The zero-order valence-corrected chi connectivity index (χ0v) is 18.6. The number of fused-ring (bicyclic) bond motifs is 1. The zero-order chi connectivity index (χ0) is 22.3. The van der Waals surface area contributed by atoms with Crippen LogP contribution in [-0.2, 0) is 28.5 Å². The maximum atomic E-state index is 11.9. The Hall–Kier alpha value is -1.55. The van der Waals surface area contributed by atoms with Crippen LogP contribution in [0.3, 0.4) is 0 Å². The predicted octanol–water partition coefficient (Wildman–Crippen LogP) is 2.20. The van der Waals surface area contributed by atoms with Gasteiger partial charge in [-0.05, 0) is 25.3 Å². The maximum Gasteiger partial charge on any atom is 0.217 e. The molecule has 3 heterocycles. The number of carbonyl (C=O) groups is 1. The molecule has 176 valence electrons. The van der Waals surface area contributed by atoms with Crippen LogP contribution in [0.4, 0.5) is 0 Å². The van der Waals surface area contributed by atoms with Crippen molar-refractivity contribution in [1.29, 1.82) is 0 Å². The number of hydrogen-bond donors (Lipinski definition) is 2. The highest BCUT2D eigenvalue weighted by Gasteiger charge is 2.63. The van der Waals surface area contributed by atoms with Gasteiger partial charge in [-0.3, -0.25) is 4.79 Å². The molecule has 1 saturated carbocycles. The molecular weight excluding hydrogens is 414 g/mol.